The molecule has 82 valence electrons. The molecule has 2 N–H and O–H groups in total. The second-order valence-corrected chi connectivity index (χ2v) is 3.49. The third kappa shape index (κ3) is 2.05. The summed E-state index contributed by atoms with van der Waals surface area (Å²) in [7, 11) is 0. The van der Waals surface area contributed by atoms with E-state index >= 15 is 0 Å². The predicted octanol–water partition coefficient (Wildman–Crippen LogP) is -0.00148. The topological polar surface area (TPSA) is 86.7 Å². The van der Waals surface area contributed by atoms with E-state index in [9.17, 15) is 4.79 Å². The number of amides is 1. The Morgan fingerprint density at radius 3 is 2.69 bits per heavy atom. The second kappa shape index (κ2) is 4.09. The minimum absolute atomic E-state index is 0.0286. The summed E-state index contributed by atoms with van der Waals surface area (Å²) in [5.74, 6) is -0.0143. The van der Waals surface area contributed by atoms with Gasteiger partial charge in [0.2, 0.25) is 5.91 Å². The Labute approximate surface area is 92.1 Å². The quantitative estimate of drug-likeness (QED) is 0.783. The van der Waals surface area contributed by atoms with Gasteiger partial charge in [-0.05, 0) is 29.5 Å². The van der Waals surface area contributed by atoms with Crippen LogP contribution in [0.25, 0.3) is 5.69 Å². The Morgan fingerprint density at radius 2 is 2.06 bits per heavy atom. The van der Waals surface area contributed by atoms with Crippen molar-refractivity contribution >= 4 is 5.91 Å². The van der Waals surface area contributed by atoms with Crippen molar-refractivity contribution in [3.05, 3.63) is 35.7 Å². The number of nitrogens with zero attached hydrogens (tertiary/aromatic N) is 4. The van der Waals surface area contributed by atoms with Gasteiger partial charge >= 0.3 is 0 Å². The monoisotopic (exact) mass is 217 g/mol. The number of aryl methyl sites for hydroxylation is 1. The van der Waals surface area contributed by atoms with Crippen molar-refractivity contribution in [2.75, 3.05) is 0 Å². The Balaban J connectivity index is 2.36. The molecule has 2 rings (SSSR count). The molecule has 1 aromatic heterocycles. The Bertz CT molecular complexity index is 502. The zero-order chi connectivity index (χ0) is 11.5. The number of carbonyl (C=O) groups is 1. The number of nitrogens with two attached hydrogens (primary N) is 1. The molecule has 1 aromatic carbocycles. The number of carbonyl (C=O) groups excluding carboxylic acids is 1. The van der Waals surface area contributed by atoms with Gasteiger partial charge < -0.3 is 5.73 Å². The average molecular weight is 217 g/mol. The third-order valence-corrected chi connectivity index (χ3v) is 2.14. The SMILES string of the molecule is Cc1ccc(-n2nnnc2CC(N)=O)cc1. The summed E-state index contributed by atoms with van der Waals surface area (Å²) < 4.78 is 1.50. The maximum atomic E-state index is 10.8. The van der Waals surface area contributed by atoms with Gasteiger partial charge in [-0.25, -0.2) is 0 Å². The standard InChI is InChI=1S/C10H11N5O/c1-7-2-4-8(5-3-7)15-10(6-9(11)16)12-13-14-15/h2-5H,6H2,1H3,(H2,11,16). The van der Waals surface area contributed by atoms with Crippen LogP contribution in [-0.4, -0.2) is 26.1 Å². The highest BCUT2D eigenvalue weighted by Gasteiger charge is 2.10. The molecule has 0 spiro atoms. The Hall–Kier alpha value is -2.24. The maximum absolute atomic E-state index is 10.8. The molecular weight excluding hydrogens is 206 g/mol. The van der Waals surface area contributed by atoms with Crippen molar-refractivity contribution in [3.63, 3.8) is 0 Å². The summed E-state index contributed by atoms with van der Waals surface area (Å²) in [4.78, 5) is 10.8. The molecule has 16 heavy (non-hydrogen) atoms. The number of hydrogen-bond donors (Lipinski definition) is 1. The molecule has 2 aromatic rings. The molecule has 0 saturated heterocycles. The molecule has 0 fully saturated rings. The first-order chi connectivity index (χ1) is 7.66. The fourth-order valence-corrected chi connectivity index (χ4v) is 1.36. The highest BCUT2D eigenvalue weighted by atomic mass is 16.1. The number of rotatable bonds is 3. The van der Waals surface area contributed by atoms with Crippen LogP contribution in [0, 0.1) is 6.92 Å². The first kappa shape index (κ1) is 10.3. The van der Waals surface area contributed by atoms with E-state index in [0.717, 1.165) is 11.3 Å². The number of benzene rings is 1. The van der Waals surface area contributed by atoms with E-state index in [-0.39, 0.29) is 6.42 Å². The van der Waals surface area contributed by atoms with Crippen molar-refractivity contribution in [1.29, 1.82) is 0 Å². The van der Waals surface area contributed by atoms with E-state index in [4.69, 9.17) is 5.73 Å². The fraction of sp³-hybridized carbons (Fsp3) is 0.200. The summed E-state index contributed by atoms with van der Waals surface area (Å²) in [6.07, 6.45) is 0.0286. The molecule has 0 aliphatic rings. The van der Waals surface area contributed by atoms with Crippen LogP contribution in [0.3, 0.4) is 0 Å². The fourth-order valence-electron chi connectivity index (χ4n) is 1.36. The van der Waals surface area contributed by atoms with Gasteiger partial charge in [0, 0.05) is 0 Å². The molecule has 0 aliphatic heterocycles. The molecular formula is C10H11N5O. The first-order valence-corrected chi connectivity index (χ1v) is 4.79. The van der Waals surface area contributed by atoms with Crippen molar-refractivity contribution in [2.24, 2.45) is 5.73 Å². The van der Waals surface area contributed by atoms with E-state index in [2.05, 4.69) is 15.5 Å². The normalized spacial score (nSPS) is 10.3. The molecule has 0 bridgehead atoms. The van der Waals surface area contributed by atoms with E-state index < -0.39 is 5.91 Å². The van der Waals surface area contributed by atoms with Crippen LogP contribution in [0.5, 0.6) is 0 Å². The lowest BCUT2D eigenvalue weighted by atomic mass is 10.2. The van der Waals surface area contributed by atoms with Gasteiger partial charge in [0.05, 0.1) is 12.1 Å². The van der Waals surface area contributed by atoms with Crippen molar-refractivity contribution in [1.82, 2.24) is 20.2 Å². The molecule has 0 radical (unpaired) electrons. The third-order valence-electron chi connectivity index (χ3n) is 2.14. The largest absolute Gasteiger partial charge is 0.369 e. The summed E-state index contributed by atoms with van der Waals surface area (Å²) in [5, 5.41) is 11.1. The van der Waals surface area contributed by atoms with Gasteiger partial charge in [-0.2, -0.15) is 4.68 Å². The molecule has 0 unspecified atom stereocenters. The average Bonchev–Trinajstić information content (AvgIpc) is 2.66. The lowest BCUT2D eigenvalue weighted by molar-refractivity contribution is -0.117. The van der Waals surface area contributed by atoms with E-state index in [1.54, 1.807) is 0 Å². The van der Waals surface area contributed by atoms with Crippen LogP contribution < -0.4 is 5.73 Å². The molecule has 1 amide bonds. The van der Waals surface area contributed by atoms with Crippen molar-refractivity contribution in [2.45, 2.75) is 13.3 Å². The van der Waals surface area contributed by atoms with Crippen LogP contribution >= 0.6 is 0 Å². The van der Waals surface area contributed by atoms with Crippen LogP contribution in [0.4, 0.5) is 0 Å². The van der Waals surface area contributed by atoms with Crippen LogP contribution in [0.15, 0.2) is 24.3 Å². The Kier molecular flexibility index (Phi) is 2.63. The van der Waals surface area contributed by atoms with Gasteiger partial charge in [0.15, 0.2) is 5.82 Å². The van der Waals surface area contributed by atoms with Gasteiger partial charge in [-0.1, -0.05) is 17.7 Å². The van der Waals surface area contributed by atoms with Crippen LogP contribution in [0.2, 0.25) is 0 Å². The zero-order valence-electron chi connectivity index (χ0n) is 8.79. The maximum Gasteiger partial charge on any atom is 0.225 e. The number of hydrogen-bond acceptors (Lipinski definition) is 4. The molecule has 0 aliphatic carbocycles. The highest BCUT2D eigenvalue weighted by Crippen LogP contribution is 2.09. The lowest BCUT2D eigenvalue weighted by Crippen LogP contribution is -2.17. The van der Waals surface area contributed by atoms with Crippen molar-refractivity contribution in [3.8, 4) is 5.69 Å². The summed E-state index contributed by atoms with van der Waals surface area (Å²) in [6.45, 7) is 1.99. The number of tetrazole rings is 1. The first-order valence-electron chi connectivity index (χ1n) is 4.79. The Morgan fingerprint density at radius 1 is 1.38 bits per heavy atom. The van der Waals surface area contributed by atoms with E-state index in [1.165, 1.54) is 4.68 Å². The summed E-state index contributed by atoms with van der Waals surface area (Å²) >= 11 is 0. The highest BCUT2D eigenvalue weighted by molar-refractivity contribution is 5.75. The van der Waals surface area contributed by atoms with E-state index in [1.807, 2.05) is 31.2 Å². The number of primary amides is 1. The van der Waals surface area contributed by atoms with Crippen LogP contribution in [0.1, 0.15) is 11.4 Å². The molecule has 6 nitrogen and oxygen atoms in total. The zero-order valence-corrected chi connectivity index (χ0v) is 8.79. The summed E-state index contributed by atoms with van der Waals surface area (Å²) in [6, 6.07) is 7.67. The molecule has 0 atom stereocenters. The van der Waals surface area contributed by atoms with Gasteiger partial charge in [0.1, 0.15) is 0 Å². The van der Waals surface area contributed by atoms with Crippen LogP contribution in [-0.2, 0) is 11.2 Å². The van der Waals surface area contributed by atoms with Gasteiger partial charge in [-0.3, -0.25) is 4.79 Å². The predicted molar refractivity (Wildman–Crippen MR) is 56.8 cm³/mol. The minimum atomic E-state index is -0.455. The van der Waals surface area contributed by atoms with Gasteiger partial charge in [-0.15, -0.1) is 5.10 Å². The lowest BCUT2D eigenvalue weighted by Gasteiger charge is -2.03. The van der Waals surface area contributed by atoms with E-state index in [0.29, 0.717) is 5.82 Å². The minimum Gasteiger partial charge on any atom is -0.369 e. The van der Waals surface area contributed by atoms with Crippen molar-refractivity contribution < 1.29 is 4.79 Å². The molecule has 0 saturated carbocycles. The smallest absolute Gasteiger partial charge is 0.225 e. The van der Waals surface area contributed by atoms with Gasteiger partial charge in [0.25, 0.3) is 0 Å². The second-order valence-electron chi connectivity index (χ2n) is 3.49. The molecule has 6 heteroatoms. The molecule has 1 heterocycles. The summed E-state index contributed by atoms with van der Waals surface area (Å²) in [5.41, 5.74) is 7.07. The number of aromatic nitrogens is 4.